The number of carbonyl (C=O) groups is 1. The molecule has 1 aromatic rings. The summed E-state index contributed by atoms with van der Waals surface area (Å²) in [6.45, 7) is 1.86. The number of aromatic hydroxyl groups is 1. The van der Waals surface area contributed by atoms with E-state index in [1.165, 1.54) is 0 Å². The standard InChI is InChI=1S/C17H16N2O2/c1-10-13(9-18)16(11-4-2-5-12(20)8-11)17-14(19-10)6-3-7-15(17)21/h2,4-5,8,16,19-20H,3,6-7H2,1H3/t16-/m0/s1. The smallest absolute Gasteiger partial charge is 0.161 e. The molecule has 0 radical (unpaired) electrons. The number of nitrogens with one attached hydrogen (secondary N) is 1. The molecule has 1 aliphatic heterocycles. The third-order valence-electron chi connectivity index (χ3n) is 4.10. The van der Waals surface area contributed by atoms with Crippen LogP contribution in [0.4, 0.5) is 0 Å². The maximum absolute atomic E-state index is 12.4. The monoisotopic (exact) mass is 280 g/mol. The van der Waals surface area contributed by atoms with Gasteiger partial charge in [0.25, 0.3) is 0 Å². The Balaban J connectivity index is 2.20. The van der Waals surface area contributed by atoms with Gasteiger partial charge < -0.3 is 10.4 Å². The van der Waals surface area contributed by atoms with E-state index in [1.54, 1.807) is 18.2 Å². The van der Waals surface area contributed by atoms with Crippen LogP contribution >= 0.6 is 0 Å². The van der Waals surface area contributed by atoms with E-state index in [9.17, 15) is 15.2 Å². The molecule has 1 aromatic carbocycles. The van der Waals surface area contributed by atoms with Crippen LogP contribution in [0.5, 0.6) is 5.75 Å². The Labute approximate surface area is 123 Å². The maximum Gasteiger partial charge on any atom is 0.161 e. The molecule has 0 bridgehead atoms. The summed E-state index contributed by atoms with van der Waals surface area (Å²) in [4.78, 5) is 12.4. The normalized spacial score (nSPS) is 21.7. The summed E-state index contributed by atoms with van der Waals surface area (Å²) in [5.74, 6) is -0.130. The van der Waals surface area contributed by atoms with E-state index in [4.69, 9.17) is 0 Å². The van der Waals surface area contributed by atoms with Gasteiger partial charge in [0.05, 0.1) is 17.6 Å². The van der Waals surface area contributed by atoms with Crippen LogP contribution in [0.3, 0.4) is 0 Å². The van der Waals surface area contributed by atoms with Crippen molar-refractivity contribution in [2.45, 2.75) is 32.1 Å². The molecular weight excluding hydrogens is 264 g/mol. The predicted octanol–water partition coefficient (Wildman–Crippen LogP) is 2.88. The Morgan fingerprint density at radius 2 is 2.19 bits per heavy atom. The minimum absolute atomic E-state index is 0.0948. The molecule has 1 heterocycles. The Morgan fingerprint density at radius 1 is 1.38 bits per heavy atom. The molecule has 1 atom stereocenters. The summed E-state index contributed by atoms with van der Waals surface area (Å²) in [6, 6.07) is 9.04. The van der Waals surface area contributed by atoms with Crippen LogP contribution in [0.15, 0.2) is 46.8 Å². The molecule has 3 rings (SSSR count). The lowest BCUT2D eigenvalue weighted by Gasteiger charge is -2.32. The molecule has 106 valence electrons. The first-order valence-corrected chi connectivity index (χ1v) is 7.05. The summed E-state index contributed by atoms with van der Waals surface area (Å²) < 4.78 is 0. The molecule has 21 heavy (non-hydrogen) atoms. The number of dihydropyridines is 1. The van der Waals surface area contributed by atoms with Gasteiger partial charge in [0.15, 0.2) is 5.78 Å². The van der Waals surface area contributed by atoms with Crippen LogP contribution in [-0.2, 0) is 4.79 Å². The zero-order valence-electron chi connectivity index (χ0n) is 11.8. The average molecular weight is 280 g/mol. The predicted molar refractivity (Wildman–Crippen MR) is 78.2 cm³/mol. The fraction of sp³-hybridized carbons (Fsp3) is 0.294. The first-order chi connectivity index (χ1) is 10.1. The molecule has 0 aromatic heterocycles. The van der Waals surface area contributed by atoms with Crippen molar-refractivity contribution >= 4 is 5.78 Å². The Kier molecular flexibility index (Phi) is 3.26. The second-order valence-corrected chi connectivity index (χ2v) is 5.47. The Hall–Kier alpha value is -2.54. The van der Waals surface area contributed by atoms with Crippen LogP contribution in [0, 0.1) is 11.3 Å². The molecule has 4 heteroatoms. The number of phenols is 1. The third kappa shape index (κ3) is 2.21. The molecule has 0 saturated carbocycles. The van der Waals surface area contributed by atoms with E-state index < -0.39 is 0 Å². The highest BCUT2D eigenvalue weighted by molar-refractivity contribution is 5.99. The van der Waals surface area contributed by atoms with Crippen LogP contribution in [-0.4, -0.2) is 10.9 Å². The molecule has 2 N–H and O–H groups in total. The number of nitrogens with zero attached hydrogens (tertiary/aromatic N) is 1. The van der Waals surface area contributed by atoms with Gasteiger partial charge in [-0.05, 0) is 37.5 Å². The summed E-state index contributed by atoms with van der Waals surface area (Å²) in [6.07, 6.45) is 2.19. The van der Waals surface area contributed by atoms with Crippen LogP contribution < -0.4 is 5.32 Å². The number of carbonyl (C=O) groups excluding carboxylic acids is 1. The number of benzene rings is 1. The fourth-order valence-electron chi connectivity index (χ4n) is 3.17. The van der Waals surface area contributed by atoms with Gasteiger partial charge in [-0.1, -0.05) is 12.1 Å². The van der Waals surface area contributed by atoms with Crippen molar-refractivity contribution < 1.29 is 9.90 Å². The molecule has 1 aliphatic carbocycles. The summed E-state index contributed by atoms with van der Waals surface area (Å²) in [7, 11) is 0. The van der Waals surface area contributed by atoms with Gasteiger partial charge in [-0.15, -0.1) is 0 Å². The van der Waals surface area contributed by atoms with Gasteiger partial charge in [0.2, 0.25) is 0 Å². The van der Waals surface area contributed by atoms with Gasteiger partial charge in [-0.2, -0.15) is 5.26 Å². The minimum Gasteiger partial charge on any atom is -0.508 e. The van der Waals surface area contributed by atoms with Crippen LogP contribution in [0.25, 0.3) is 0 Å². The largest absolute Gasteiger partial charge is 0.508 e. The van der Waals surface area contributed by atoms with E-state index in [2.05, 4.69) is 11.4 Å². The van der Waals surface area contributed by atoms with Crippen LogP contribution in [0.1, 0.15) is 37.7 Å². The van der Waals surface area contributed by atoms with E-state index in [0.29, 0.717) is 17.6 Å². The van der Waals surface area contributed by atoms with E-state index in [0.717, 1.165) is 29.8 Å². The Bertz CT molecular complexity index is 723. The number of allylic oxidation sites excluding steroid dienone is 4. The highest BCUT2D eigenvalue weighted by atomic mass is 16.3. The highest BCUT2D eigenvalue weighted by Crippen LogP contribution is 2.42. The van der Waals surface area contributed by atoms with Crippen LogP contribution in [0.2, 0.25) is 0 Å². The molecule has 0 unspecified atom stereocenters. The summed E-state index contributed by atoms with van der Waals surface area (Å²) >= 11 is 0. The van der Waals surface area contributed by atoms with Crippen molar-refractivity contribution in [3.63, 3.8) is 0 Å². The van der Waals surface area contributed by atoms with Crippen molar-refractivity contribution in [1.29, 1.82) is 5.26 Å². The van der Waals surface area contributed by atoms with E-state index in [-0.39, 0.29) is 17.5 Å². The second-order valence-electron chi connectivity index (χ2n) is 5.47. The number of phenolic OH excluding ortho intramolecular Hbond substituents is 1. The number of Topliss-reactive ketones (excluding diaryl/α,β-unsaturated/α-hetero) is 1. The van der Waals surface area contributed by atoms with Crippen molar-refractivity contribution in [3.8, 4) is 11.8 Å². The van der Waals surface area contributed by atoms with Crippen molar-refractivity contribution in [2.24, 2.45) is 0 Å². The maximum atomic E-state index is 12.4. The number of rotatable bonds is 1. The van der Waals surface area contributed by atoms with Crippen molar-refractivity contribution in [1.82, 2.24) is 5.32 Å². The lowest BCUT2D eigenvalue weighted by Crippen LogP contribution is -2.31. The Morgan fingerprint density at radius 3 is 2.90 bits per heavy atom. The van der Waals surface area contributed by atoms with Gasteiger partial charge in [0, 0.05) is 23.4 Å². The molecule has 0 saturated heterocycles. The number of ketones is 1. The molecule has 0 fully saturated rings. The lowest BCUT2D eigenvalue weighted by atomic mass is 9.75. The fourth-order valence-corrected chi connectivity index (χ4v) is 3.17. The summed E-state index contributed by atoms with van der Waals surface area (Å²) in [5, 5.41) is 22.4. The highest BCUT2D eigenvalue weighted by Gasteiger charge is 2.35. The average Bonchev–Trinajstić information content (AvgIpc) is 2.46. The molecule has 0 amide bonds. The summed E-state index contributed by atoms with van der Waals surface area (Å²) in [5.41, 5.74) is 3.74. The van der Waals surface area contributed by atoms with Gasteiger partial charge >= 0.3 is 0 Å². The zero-order chi connectivity index (χ0) is 15.0. The van der Waals surface area contributed by atoms with Gasteiger partial charge in [-0.25, -0.2) is 0 Å². The first-order valence-electron chi connectivity index (χ1n) is 7.05. The molecule has 0 spiro atoms. The molecule has 2 aliphatic rings. The number of nitriles is 1. The van der Waals surface area contributed by atoms with E-state index >= 15 is 0 Å². The number of hydrogen-bond acceptors (Lipinski definition) is 4. The topological polar surface area (TPSA) is 73.1 Å². The van der Waals surface area contributed by atoms with E-state index in [1.807, 2.05) is 13.0 Å². The first kappa shape index (κ1) is 13.4. The van der Waals surface area contributed by atoms with Gasteiger partial charge in [-0.3, -0.25) is 4.79 Å². The quantitative estimate of drug-likeness (QED) is 0.829. The second kappa shape index (κ2) is 5.10. The molecule has 4 nitrogen and oxygen atoms in total. The zero-order valence-corrected chi connectivity index (χ0v) is 11.8. The molecular formula is C17H16N2O2. The van der Waals surface area contributed by atoms with Gasteiger partial charge in [0.1, 0.15) is 5.75 Å². The SMILES string of the molecule is CC1=C(C#N)[C@H](c2cccc(O)c2)C2=C(CCCC2=O)N1. The third-order valence-corrected chi connectivity index (χ3v) is 4.10. The number of hydrogen-bond donors (Lipinski definition) is 2. The van der Waals surface area contributed by atoms with Crippen molar-refractivity contribution in [2.75, 3.05) is 0 Å². The van der Waals surface area contributed by atoms with Crippen molar-refractivity contribution in [3.05, 3.63) is 52.4 Å². The minimum atomic E-state index is -0.369. The lowest BCUT2D eigenvalue weighted by molar-refractivity contribution is -0.116.